The number of aliphatic hydroxyl groups is 1. The molecule has 1 aliphatic rings. The Morgan fingerprint density at radius 3 is 2.95 bits per heavy atom. The number of imide groups is 1. The number of hydrogen-bond acceptors (Lipinski definition) is 5. The fraction of sp³-hybridized carbons (Fsp3) is 0.385. The Kier molecular flexibility index (Phi) is 3.82. The number of amides is 2. The summed E-state index contributed by atoms with van der Waals surface area (Å²) in [6.07, 6.45) is -1.23. The molecule has 0 spiro atoms. The Labute approximate surface area is 111 Å². The Balaban J connectivity index is 2.44. The van der Waals surface area contributed by atoms with Crippen molar-refractivity contribution >= 4 is 17.5 Å². The molecule has 2 amide bonds. The molecule has 0 bridgehead atoms. The number of nitrogens with one attached hydrogen (secondary N) is 1. The molecule has 0 fully saturated rings. The molecule has 1 heterocycles. The van der Waals surface area contributed by atoms with Crippen molar-refractivity contribution in [2.24, 2.45) is 0 Å². The summed E-state index contributed by atoms with van der Waals surface area (Å²) in [4.78, 5) is 24.7. The lowest BCUT2D eigenvalue weighted by atomic mass is 10.1. The summed E-state index contributed by atoms with van der Waals surface area (Å²) in [5.41, 5.74) is 1.30. The molecule has 0 aromatic heterocycles. The minimum atomic E-state index is -1.23. The molecule has 2 N–H and O–H groups in total. The van der Waals surface area contributed by atoms with Gasteiger partial charge < -0.3 is 15.2 Å². The second-order valence-electron chi connectivity index (χ2n) is 4.36. The smallest absolute Gasteiger partial charge is 0.271 e. The van der Waals surface area contributed by atoms with Crippen LogP contribution in [0.3, 0.4) is 0 Å². The van der Waals surface area contributed by atoms with Crippen LogP contribution in [0.2, 0.25) is 0 Å². The molecule has 102 valence electrons. The van der Waals surface area contributed by atoms with Crippen LogP contribution in [0.25, 0.3) is 0 Å². The predicted octanol–water partition coefficient (Wildman–Crippen LogP) is 0.0388. The van der Waals surface area contributed by atoms with Crippen LogP contribution in [0.15, 0.2) is 18.2 Å². The van der Waals surface area contributed by atoms with Crippen molar-refractivity contribution in [1.29, 1.82) is 0 Å². The first-order chi connectivity index (χ1) is 9.04. The molecule has 6 heteroatoms. The fourth-order valence-electron chi connectivity index (χ4n) is 1.94. The maximum absolute atomic E-state index is 11.9. The topological polar surface area (TPSA) is 78.9 Å². The number of ether oxygens (including phenoxy) is 1. The second-order valence-corrected chi connectivity index (χ2v) is 4.36. The number of nitrogens with zero attached hydrogens (tertiary/aromatic N) is 1. The highest BCUT2D eigenvalue weighted by Gasteiger charge is 2.32. The van der Waals surface area contributed by atoms with E-state index in [2.05, 4.69) is 5.32 Å². The summed E-state index contributed by atoms with van der Waals surface area (Å²) in [6.45, 7) is 1.75. The third-order valence-corrected chi connectivity index (χ3v) is 2.82. The van der Waals surface area contributed by atoms with Gasteiger partial charge in [-0.15, -0.1) is 0 Å². The molecule has 2 rings (SSSR count). The summed E-state index contributed by atoms with van der Waals surface area (Å²) < 4.78 is 5.28. The third kappa shape index (κ3) is 2.59. The number of anilines is 1. The normalized spacial score (nSPS) is 15.7. The first-order valence-electron chi connectivity index (χ1n) is 5.99. The van der Waals surface area contributed by atoms with E-state index in [1.807, 2.05) is 6.07 Å². The monoisotopic (exact) mass is 264 g/mol. The van der Waals surface area contributed by atoms with Crippen LogP contribution in [0.5, 0.6) is 5.75 Å². The standard InChI is InChI=1S/C13H16N2O4/c1-8(16)13(18)15-10-5-9(6-14-2)3-4-11(10)19-7-12(15)17/h3-5,8,14,16H,6-7H2,1-2H3. The van der Waals surface area contributed by atoms with Crippen LogP contribution in [0, 0.1) is 0 Å². The lowest BCUT2D eigenvalue weighted by Gasteiger charge is -2.29. The van der Waals surface area contributed by atoms with E-state index >= 15 is 0 Å². The van der Waals surface area contributed by atoms with E-state index in [-0.39, 0.29) is 6.61 Å². The predicted molar refractivity (Wildman–Crippen MR) is 68.9 cm³/mol. The van der Waals surface area contributed by atoms with E-state index in [0.29, 0.717) is 18.0 Å². The molecule has 19 heavy (non-hydrogen) atoms. The number of benzene rings is 1. The Morgan fingerprint density at radius 2 is 2.32 bits per heavy atom. The molecule has 6 nitrogen and oxygen atoms in total. The molecule has 0 aliphatic carbocycles. The number of carbonyl (C=O) groups is 2. The van der Waals surface area contributed by atoms with Crippen molar-refractivity contribution in [2.45, 2.75) is 19.6 Å². The SMILES string of the molecule is CNCc1ccc2c(c1)N(C(=O)C(C)O)C(=O)CO2. The molecule has 1 atom stereocenters. The molecular formula is C13H16N2O4. The zero-order valence-corrected chi connectivity index (χ0v) is 10.8. The Hall–Kier alpha value is -1.92. The largest absolute Gasteiger partial charge is 0.482 e. The minimum absolute atomic E-state index is 0.198. The average molecular weight is 264 g/mol. The number of fused-ring (bicyclic) bond motifs is 1. The highest BCUT2D eigenvalue weighted by atomic mass is 16.5. The number of aliphatic hydroxyl groups excluding tert-OH is 1. The third-order valence-electron chi connectivity index (χ3n) is 2.82. The molecule has 0 saturated carbocycles. The highest BCUT2D eigenvalue weighted by molar-refractivity contribution is 6.18. The lowest BCUT2D eigenvalue weighted by molar-refractivity contribution is -0.132. The zero-order chi connectivity index (χ0) is 14.0. The maximum Gasteiger partial charge on any atom is 0.271 e. The maximum atomic E-state index is 11.9. The van der Waals surface area contributed by atoms with Crippen molar-refractivity contribution in [3.05, 3.63) is 23.8 Å². The number of rotatable bonds is 3. The van der Waals surface area contributed by atoms with Gasteiger partial charge in [-0.05, 0) is 31.7 Å². The van der Waals surface area contributed by atoms with Crippen molar-refractivity contribution < 1.29 is 19.4 Å². The molecule has 1 unspecified atom stereocenters. The number of carbonyl (C=O) groups excluding carboxylic acids is 2. The van der Waals surface area contributed by atoms with Crippen LogP contribution in [0.1, 0.15) is 12.5 Å². The number of hydrogen-bond donors (Lipinski definition) is 2. The van der Waals surface area contributed by atoms with E-state index in [1.165, 1.54) is 6.92 Å². The van der Waals surface area contributed by atoms with Crippen LogP contribution in [-0.2, 0) is 16.1 Å². The van der Waals surface area contributed by atoms with Gasteiger partial charge in [0.05, 0.1) is 5.69 Å². The van der Waals surface area contributed by atoms with Gasteiger partial charge in [0.15, 0.2) is 6.61 Å². The van der Waals surface area contributed by atoms with Gasteiger partial charge in [-0.1, -0.05) is 6.07 Å². The summed E-state index contributed by atoms with van der Waals surface area (Å²) >= 11 is 0. The minimum Gasteiger partial charge on any atom is -0.482 e. The molecule has 0 saturated heterocycles. The Morgan fingerprint density at radius 1 is 1.58 bits per heavy atom. The van der Waals surface area contributed by atoms with Gasteiger partial charge in [-0.2, -0.15) is 0 Å². The summed E-state index contributed by atoms with van der Waals surface area (Å²) in [7, 11) is 1.81. The zero-order valence-electron chi connectivity index (χ0n) is 10.8. The molecule has 1 aliphatic heterocycles. The first kappa shape index (κ1) is 13.5. The van der Waals surface area contributed by atoms with E-state index < -0.39 is 17.9 Å². The molecule has 1 aromatic carbocycles. The molecule has 1 aromatic rings. The second kappa shape index (κ2) is 5.38. The van der Waals surface area contributed by atoms with Gasteiger partial charge in [0.1, 0.15) is 11.9 Å². The van der Waals surface area contributed by atoms with Gasteiger partial charge in [-0.25, -0.2) is 4.90 Å². The lowest BCUT2D eigenvalue weighted by Crippen LogP contribution is -2.47. The van der Waals surface area contributed by atoms with Gasteiger partial charge in [0, 0.05) is 6.54 Å². The van der Waals surface area contributed by atoms with Gasteiger partial charge in [0.25, 0.3) is 11.8 Å². The first-order valence-corrected chi connectivity index (χ1v) is 5.99. The van der Waals surface area contributed by atoms with Crippen molar-refractivity contribution in [3.8, 4) is 5.75 Å². The van der Waals surface area contributed by atoms with Crippen LogP contribution >= 0.6 is 0 Å². The van der Waals surface area contributed by atoms with E-state index in [9.17, 15) is 14.7 Å². The summed E-state index contributed by atoms with van der Waals surface area (Å²) in [5.74, 6) is -0.649. The van der Waals surface area contributed by atoms with Crippen molar-refractivity contribution in [3.63, 3.8) is 0 Å². The van der Waals surface area contributed by atoms with E-state index in [0.717, 1.165) is 10.5 Å². The highest BCUT2D eigenvalue weighted by Crippen LogP contribution is 2.33. The molecule has 0 radical (unpaired) electrons. The van der Waals surface area contributed by atoms with Crippen LogP contribution in [-0.4, -0.2) is 36.7 Å². The van der Waals surface area contributed by atoms with Crippen LogP contribution < -0.4 is 15.0 Å². The van der Waals surface area contributed by atoms with E-state index in [1.54, 1.807) is 19.2 Å². The van der Waals surface area contributed by atoms with Crippen LogP contribution in [0.4, 0.5) is 5.69 Å². The average Bonchev–Trinajstić information content (AvgIpc) is 2.38. The van der Waals surface area contributed by atoms with Gasteiger partial charge in [0.2, 0.25) is 0 Å². The van der Waals surface area contributed by atoms with E-state index in [4.69, 9.17) is 4.74 Å². The quantitative estimate of drug-likeness (QED) is 0.806. The Bertz CT molecular complexity index is 513. The molecular weight excluding hydrogens is 248 g/mol. The van der Waals surface area contributed by atoms with Gasteiger partial charge >= 0.3 is 0 Å². The van der Waals surface area contributed by atoms with Crippen molar-refractivity contribution in [2.75, 3.05) is 18.6 Å². The summed E-state index contributed by atoms with van der Waals surface area (Å²) in [5, 5.41) is 12.4. The van der Waals surface area contributed by atoms with Gasteiger partial charge in [-0.3, -0.25) is 9.59 Å². The van der Waals surface area contributed by atoms with Crippen molar-refractivity contribution in [1.82, 2.24) is 5.32 Å². The fourth-order valence-corrected chi connectivity index (χ4v) is 1.94. The summed E-state index contributed by atoms with van der Waals surface area (Å²) in [6, 6.07) is 5.29.